The smallest absolute Gasteiger partial charge is 0.119 e. The Labute approximate surface area is 128 Å². The summed E-state index contributed by atoms with van der Waals surface area (Å²) in [7, 11) is 2.12. The SMILES string of the molecule is Cc1ccc(OCCCN(C)C2CCCCC2O)cc1C. The molecule has 1 aliphatic rings. The fourth-order valence-electron chi connectivity index (χ4n) is 3.08. The second kappa shape index (κ2) is 7.81. The molecule has 1 aliphatic carbocycles. The zero-order valence-electron chi connectivity index (χ0n) is 13.6. The minimum absolute atomic E-state index is 0.149. The van der Waals surface area contributed by atoms with E-state index in [1.807, 2.05) is 6.07 Å². The van der Waals surface area contributed by atoms with Crippen molar-refractivity contribution in [2.75, 3.05) is 20.2 Å². The van der Waals surface area contributed by atoms with Gasteiger partial charge in [-0.05, 0) is 63.4 Å². The molecule has 0 amide bonds. The number of aryl methyl sites for hydroxylation is 2. The van der Waals surface area contributed by atoms with Crippen molar-refractivity contribution in [3.05, 3.63) is 29.3 Å². The van der Waals surface area contributed by atoms with Gasteiger partial charge in [0.15, 0.2) is 0 Å². The first-order valence-corrected chi connectivity index (χ1v) is 8.16. The summed E-state index contributed by atoms with van der Waals surface area (Å²) < 4.78 is 5.82. The first kappa shape index (κ1) is 16.3. The molecular formula is C18H29NO2. The summed E-state index contributed by atoms with van der Waals surface area (Å²) in [6.07, 6.45) is 5.33. The molecule has 21 heavy (non-hydrogen) atoms. The fourth-order valence-corrected chi connectivity index (χ4v) is 3.08. The van der Waals surface area contributed by atoms with Crippen LogP contribution in [0.15, 0.2) is 18.2 Å². The largest absolute Gasteiger partial charge is 0.494 e. The van der Waals surface area contributed by atoms with Gasteiger partial charge in [-0.15, -0.1) is 0 Å². The Kier molecular flexibility index (Phi) is 6.07. The number of hydrogen-bond acceptors (Lipinski definition) is 3. The lowest BCUT2D eigenvalue weighted by Gasteiger charge is -2.35. The van der Waals surface area contributed by atoms with Crippen LogP contribution in [-0.4, -0.2) is 42.4 Å². The molecule has 0 radical (unpaired) electrons. The molecule has 0 saturated heterocycles. The van der Waals surface area contributed by atoms with Crippen LogP contribution in [0.2, 0.25) is 0 Å². The highest BCUT2D eigenvalue weighted by atomic mass is 16.5. The third-order valence-electron chi connectivity index (χ3n) is 4.66. The third kappa shape index (κ3) is 4.72. The Morgan fingerprint density at radius 2 is 1.95 bits per heavy atom. The first-order chi connectivity index (χ1) is 10.1. The maximum absolute atomic E-state index is 10.1. The van der Waals surface area contributed by atoms with Gasteiger partial charge in [0.2, 0.25) is 0 Å². The summed E-state index contributed by atoms with van der Waals surface area (Å²) in [6, 6.07) is 6.58. The third-order valence-corrected chi connectivity index (χ3v) is 4.66. The van der Waals surface area contributed by atoms with Crippen LogP contribution in [0, 0.1) is 13.8 Å². The van der Waals surface area contributed by atoms with Crippen molar-refractivity contribution in [3.8, 4) is 5.75 Å². The molecule has 3 nitrogen and oxygen atoms in total. The topological polar surface area (TPSA) is 32.7 Å². The number of likely N-dealkylation sites (N-methyl/N-ethyl adjacent to an activating group) is 1. The molecular weight excluding hydrogens is 262 g/mol. The van der Waals surface area contributed by atoms with Crippen molar-refractivity contribution in [2.45, 2.75) is 58.1 Å². The predicted molar refractivity (Wildman–Crippen MR) is 86.9 cm³/mol. The molecule has 1 fully saturated rings. The zero-order chi connectivity index (χ0) is 15.2. The van der Waals surface area contributed by atoms with Crippen molar-refractivity contribution < 1.29 is 9.84 Å². The van der Waals surface area contributed by atoms with Crippen LogP contribution in [-0.2, 0) is 0 Å². The van der Waals surface area contributed by atoms with Gasteiger partial charge >= 0.3 is 0 Å². The molecule has 2 rings (SSSR count). The van der Waals surface area contributed by atoms with E-state index in [1.54, 1.807) is 0 Å². The minimum atomic E-state index is -0.149. The molecule has 0 heterocycles. The average molecular weight is 291 g/mol. The molecule has 3 heteroatoms. The number of nitrogens with zero attached hydrogens (tertiary/aromatic N) is 1. The normalized spacial score (nSPS) is 22.5. The van der Waals surface area contributed by atoms with Crippen LogP contribution < -0.4 is 4.74 Å². The lowest BCUT2D eigenvalue weighted by Crippen LogP contribution is -2.43. The molecule has 0 spiro atoms. The molecule has 118 valence electrons. The van der Waals surface area contributed by atoms with E-state index < -0.39 is 0 Å². The Balaban J connectivity index is 1.70. The first-order valence-electron chi connectivity index (χ1n) is 8.16. The number of ether oxygens (including phenoxy) is 1. The Hall–Kier alpha value is -1.06. The van der Waals surface area contributed by atoms with Crippen molar-refractivity contribution in [2.24, 2.45) is 0 Å². The predicted octanol–water partition coefficient (Wildman–Crippen LogP) is 3.31. The molecule has 2 unspecified atom stereocenters. The highest BCUT2D eigenvalue weighted by molar-refractivity contribution is 5.33. The lowest BCUT2D eigenvalue weighted by atomic mass is 9.91. The summed E-state index contributed by atoms with van der Waals surface area (Å²) in [5, 5.41) is 10.1. The number of hydrogen-bond donors (Lipinski definition) is 1. The number of benzene rings is 1. The molecule has 1 aromatic carbocycles. The monoisotopic (exact) mass is 291 g/mol. The van der Waals surface area contributed by atoms with Crippen LogP contribution in [0.4, 0.5) is 0 Å². The zero-order valence-corrected chi connectivity index (χ0v) is 13.6. The standard InChI is InChI=1S/C18H29NO2/c1-14-9-10-16(13-15(14)2)21-12-6-11-19(3)17-7-4-5-8-18(17)20/h9-10,13,17-18,20H,4-8,11-12H2,1-3H3. The number of rotatable bonds is 6. The van der Waals surface area contributed by atoms with Crippen molar-refractivity contribution in [3.63, 3.8) is 0 Å². The van der Waals surface area contributed by atoms with E-state index in [4.69, 9.17) is 4.74 Å². The van der Waals surface area contributed by atoms with Gasteiger partial charge in [0.1, 0.15) is 5.75 Å². The average Bonchev–Trinajstić information content (AvgIpc) is 2.47. The lowest BCUT2D eigenvalue weighted by molar-refractivity contribution is 0.0304. The Bertz CT molecular complexity index is 447. The summed E-state index contributed by atoms with van der Waals surface area (Å²) in [5.41, 5.74) is 2.57. The summed E-state index contributed by atoms with van der Waals surface area (Å²) in [5.74, 6) is 0.957. The van der Waals surface area contributed by atoms with E-state index >= 15 is 0 Å². The van der Waals surface area contributed by atoms with Gasteiger partial charge in [-0.25, -0.2) is 0 Å². The van der Waals surface area contributed by atoms with Gasteiger partial charge in [-0.1, -0.05) is 18.9 Å². The van der Waals surface area contributed by atoms with Crippen LogP contribution in [0.5, 0.6) is 5.75 Å². The van der Waals surface area contributed by atoms with Gasteiger partial charge in [-0.2, -0.15) is 0 Å². The van der Waals surface area contributed by atoms with Crippen LogP contribution in [0.3, 0.4) is 0 Å². The van der Waals surface area contributed by atoms with Crippen LogP contribution in [0.1, 0.15) is 43.2 Å². The highest BCUT2D eigenvalue weighted by Gasteiger charge is 2.25. The van der Waals surface area contributed by atoms with Crippen LogP contribution >= 0.6 is 0 Å². The van der Waals surface area contributed by atoms with E-state index in [-0.39, 0.29) is 6.10 Å². The van der Waals surface area contributed by atoms with E-state index in [0.717, 1.165) is 38.2 Å². The van der Waals surface area contributed by atoms with E-state index in [9.17, 15) is 5.11 Å². The summed E-state index contributed by atoms with van der Waals surface area (Å²) in [4.78, 5) is 2.30. The minimum Gasteiger partial charge on any atom is -0.494 e. The van der Waals surface area contributed by atoms with E-state index in [1.165, 1.54) is 24.0 Å². The van der Waals surface area contributed by atoms with Crippen molar-refractivity contribution in [1.29, 1.82) is 0 Å². The second-order valence-electron chi connectivity index (χ2n) is 6.35. The number of aliphatic hydroxyl groups excluding tert-OH is 1. The van der Waals surface area contributed by atoms with Gasteiger partial charge in [0.25, 0.3) is 0 Å². The van der Waals surface area contributed by atoms with Gasteiger partial charge in [-0.3, -0.25) is 0 Å². The maximum atomic E-state index is 10.1. The molecule has 0 aromatic heterocycles. The molecule has 1 N–H and O–H groups in total. The second-order valence-corrected chi connectivity index (χ2v) is 6.35. The highest BCUT2D eigenvalue weighted by Crippen LogP contribution is 2.22. The molecule has 0 aliphatic heterocycles. The van der Waals surface area contributed by atoms with Gasteiger partial charge in [0.05, 0.1) is 12.7 Å². The van der Waals surface area contributed by atoms with E-state index in [2.05, 4.69) is 37.9 Å². The van der Waals surface area contributed by atoms with E-state index in [0.29, 0.717) is 6.04 Å². The summed E-state index contributed by atoms with van der Waals surface area (Å²) in [6.45, 7) is 5.94. The molecule has 1 aromatic rings. The maximum Gasteiger partial charge on any atom is 0.119 e. The van der Waals surface area contributed by atoms with Gasteiger partial charge in [0, 0.05) is 12.6 Å². The quantitative estimate of drug-likeness (QED) is 0.816. The summed E-state index contributed by atoms with van der Waals surface area (Å²) >= 11 is 0. The van der Waals surface area contributed by atoms with Crippen LogP contribution in [0.25, 0.3) is 0 Å². The molecule has 0 bridgehead atoms. The van der Waals surface area contributed by atoms with Crippen molar-refractivity contribution >= 4 is 0 Å². The molecule has 2 atom stereocenters. The number of aliphatic hydroxyl groups is 1. The molecule has 1 saturated carbocycles. The van der Waals surface area contributed by atoms with Crippen molar-refractivity contribution in [1.82, 2.24) is 4.90 Å². The van der Waals surface area contributed by atoms with Gasteiger partial charge < -0.3 is 14.7 Å². The fraction of sp³-hybridized carbons (Fsp3) is 0.667. The Morgan fingerprint density at radius 1 is 1.19 bits per heavy atom. The Morgan fingerprint density at radius 3 is 2.67 bits per heavy atom.